The molecule has 0 fully saturated rings. The van der Waals surface area contributed by atoms with Gasteiger partial charge in [0.05, 0.1) is 10.7 Å². The van der Waals surface area contributed by atoms with Gasteiger partial charge in [-0.15, -0.1) is 0 Å². The fourth-order valence-corrected chi connectivity index (χ4v) is 2.33. The van der Waals surface area contributed by atoms with E-state index in [9.17, 15) is 9.18 Å². The molecule has 12 heteroatoms. The van der Waals surface area contributed by atoms with Crippen molar-refractivity contribution in [1.82, 2.24) is 20.0 Å². The quantitative estimate of drug-likeness (QED) is 0.285. The summed E-state index contributed by atoms with van der Waals surface area (Å²) in [5.74, 6) is -1.40. The third-order valence-electron chi connectivity index (χ3n) is 3.27. The molecular weight excluding hydrogens is 357 g/mol. The number of halogens is 2. The molecule has 2 heterocycles. The van der Waals surface area contributed by atoms with E-state index in [2.05, 4.69) is 30.0 Å². The van der Waals surface area contributed by atoms with Crippen molar-refractivity contribution in [2.24, 2.45) is 5.11 Å². The van der Waals surface area contributed by atoms with Crippen LogP contribution in [0.25, 0.3) is 27.6 Å². The summed E-state index contributed by atoms with van der Waals surface area (Å²) < 4.78 is 23.8. The topological polar surface area (TPSA) is 136 Å². The van der Waals surface area contributed by atoms with E-state index in [4.69, 9.17) is 21.8 Å². The van der Waals surface area contributed by atoms with Gasteiger partial charge >= 0.3 is 5.76 Å². The number of hydrogen-bond donors (Lipinski definition) is 0. The minimum atomic E-state index is -0.805. The summed E-state index contributed by atoms with van der Waals surface area (Å²) in [6.45, 7) is 0.266. The Bertz CT molecular complexity index is 1010. The summed E-state index contributed by atoms with van der Waals surface area (Å²) in [6, 6.07) is 3.72. The van der Waals surface area contributed by atoms with Crippen LogP contribution in [0.1, 0.15) is 12.1 Å². The molecule has 0 atom stereocenters. The highest BCUT2D eigenvalue weighted by atomic mass is 35.5. The van der Waals surface area contributed by atoms with Crippen LogP contribution in [0.15, 0.2) is 37.3 Å². The fourth-order valence-electron chi connectivity index (χ4n) is 2.15. The summed E-state index contributed by atoms with van der Waals surface area (Å²) in [7, 11) is 0. The average Bonchev–Trinajstić information content (AvgIpc) is 3.20. The van der Waals surface area contributed by atoms with Gasteiger partial charge in [0, 0.05) is 11.5 Å². The van der Waals surface area contributed by atoms with Gasteiger partial charge in [0.25, 0.3) is 0 Å². The van der Waals surface area contributed by atoms with Gasteiger partial charge in [-0.1, -0.05) is 27.0 Å². The Labute approximate surface area is 143 Å². The number of aryl methyl sites for hydroxylation is 1. The number of rotatable bonds is 6. The average molecular weight is 366 g/mol. The molecule has 3 rings (SSSR count). The summed E-state index contributed by atoms with van der Waals surface area (Å²) in [6.07, 6.45) is 0.874. The maximum Gasteiger partial charge on any atom is 0.446 e. The van der Waals surface area contributed by atoms with Gasteiger partial charge in [0.2, 0.25) is 5.82 Å². The lowest BCUT2D eigenvalue weighted by molar-refractivity contribution is 0.303. The van der Waals surface area contributed by atoms with Crippen LogP contribution in [0.3, 0.4) is 0 Å². The Morgan fingerprint density at radius 2 is 2.20 bits per heavy atom. The van der Waals surface area contributed by atoms with Crippen molar-refractivity contribution >= 4 is 11.6 Å². The highest BCUT2D eigenvalue weighted by Crippen LogP contribution is 2.24. The van der Waals surface area contributed by atoms with E-state index < -0.39 is 11.6 Å². The largest absolute Gasteiger partial charge is 0.446 e. The first-order chi connectivity index (χ1) is 12.1. The Morgan fingerprint density at radius 1 is 1.36 bits per heavy atom. The summed E-state index contributed by atoms with van der Waals surface area (Å²) in [5, 5.41) is 14.5. The van der Waals surface area contributed by atoms with Gasteiger partial charge in [-0.2, -0.15) is 0 Å². The number of nitrogens with zero attached hydrogens (tertiary/aromatic N) is 7. The molecule has 25 heavy (non-hydrogen) atoms. The SMILES string of the molecule is [N-]=[N+]=NCCCc1nonc1-c1noc(=O)n1-c1ccc(F)c(Cl)c1. The van der Waals surface area contributed by atoms with Crippen LogP contribution in [0.4, 0.5) is 4.39 Å². The molecule has 1 aromatic carbocycles. The lowest BCUT2D eigenvalue weighted by atomic mass is 10.2. The molecule has 0 aliphatic heterocycles. The first-order valence-corrected chi connectivity index (χ1v) is 7.36. The molecule has 0 N–H and O–H groups in total. The van der Waals surface area contributed by atoms with Crippen LogP contribution in [-0.4, -0.2) is 26.6 Å². The van der Waals surface area contributed by atoms with E-state index in [0.717, 1.165) is 10.6 Å². The molecule has 2 aromatic heterocycles. The minimum Gasteiger partial charge on any atom is -0.295 e. The fraction of sp³-hybridized carbons (Fsp3) is 0.231. The maximum absolute atomic E-state index is 13.4. The lowest BCUT2D eigenvalue weighted by Gasteiger charge is -2.04. The monoisotopic (exact) mass is 365 g/mol. The third-order valence-corrected chi connectivity index (χ3v) is 3.56. The number of aromatic nitrogens is 4. The van der Waals surface area contributed by atoms with Crippen molar-refractivity contribution in [3.63, 3.8) is 0 Å². The second kappa shape index (κ2) is 7.16. The molecule has 0 aliphatic carbocycles. The Balaban J connectivity index is 2.00. The predicted molar refractivity (Wildman–Crippen MR) is 82.7 cm³/mol. The highest BCUT2D eigenvalue weighted by molar-refractivity contribution is 6.30. The van der Waals surface area contributed by atoms with Crippen molar-refractivity contribution < 1.29 is 13.5 Å². The Kier molecular flexibility index (Phi) is 4.78. The molecule has 0 saturated heterocycles. The zero-order valence-electron chi connectivity index (χ0n) is 12.5. The molecule has 0 unspecified atom stereocenters. The molecule has 0 bridgehead atoms. The van der Waals surface area contributed by atoms with Gasteiger partial charge in [-0.3, -0.25) is 4.52 Å². The van der Waals surface area contributed by atoms with Gasteiger partial charge in [0.15, 0.2) is 5.69 Å². The molecule has 0 radical (unpaired) electrons. The zero-order valence-corrected chi connectivity index (χ0v) is 13.2. The van der Waals surface area contributed by atoms with Crippen molar-refractivity contribution in [3.05, 3.63) is 55.7 Å². The van der Waals surface area contributed by atoms with E-state index >= 15 is 0 Å². The molecule has 128 valence electrons. The number of benzene rings is 1. The second-order valence-electron chi connectivity index (χ2n) is 4.82. The molecule has 10 nitrogen and oxygen atoms in total. The first kappa shape index (κ1) is 16.7. The third kappa shape index (κ3) is 3.37. The van der Waals surface area contributed by atoms with E-state index in [1.807, 2.05) is 0 Å². The van der Waals surface area contributed by atoms with Crippen molar-refractivity contribution in [1.29, 1.82) is 0 Å². The zero-order chi connectivity index (χ0) is 17.8. The molecule has 0 aliphatic rings. The standard InChI is InChI=1S/C13H9ClFN7O3/c14-8-6-7(3-4-9(8)15)22-12(20-24-13(22)23)11-10(18-25-19-11)2-1-5-17-21-16/h3-4,6H,1-2,5H2. The lowest BCUT2D eigenvalue weighted by Crippen LogP contribution is -2.14. The normalized spacial score (nSPS) is 10.6. The van der Waals surface area contributed by atoms with E-state index in [-0.39, 0.29) is 28.8 Å². The maximum atomic E-state index is 13.4. The van der Waals surface area contributed by atoms with Gasteiger partial charge in [-0.25, -0.2) is 18.4 Å². The number of azide groups is 1. The summed E-state index contributed by atoms with van der Waals surface area (Å²) >= 11 is 5.76. The minimum absolute atomic E-state index is 0.0349. The highest BCUT2D eigenvalue weighted by Gasteiger charge is 2.22. The molecule has 3 aromatic rings. The Morgan fingerprint density at radius 3 is 2.96 bits per heavy atom. The van der Waals surface area contributed by atoms with Crippen molar-refractivity contribution in [2.45, 2.75) is 12.8 Å². The van der Waals surface area contributed by atoms with Crippen LogP contribution in [0.2, 0.25) is 5.02 Å². The first-order valence-electron chi connectivity index (χ1n) is 6.98. The van der Waals surface area contributed by atoms with E-state index in [1.54, 1.807) is 0 Å². The summed E-state index contributed by atoms with van der Waals surface area (Å²) in [4.78, 5) is 14.7. The van der Waals surface area contributed by atoms with Gasteiger partial charge < -0.3 is 0 Å². The van der Waals surface area contributed by atoms with E-state index in [1.165, 1.54) is 12.1 Å². The van der Waals surface area contributed by atoms with Crippen LogP contribution in [0, 0.1) is 5.82 Å². The van der Waals surface area contributed by atoms with E-state index in [0.29, 0.717) is 18.5 Å². The Hall–Kier alpha value is -3.17. The smallest absolute Gasteiger partial charge is 0.295 e. The predicted octanol–water partition coefficient (Wildman–Crippen LogP) is 2.91. The van der Waals surface area contributed by atoms with Crippen LogP contribution in [0.5, 0.6) is 0 Å². The molecular formula is C13H9ClFN7O3. The van der Waals surface area contributed by atoms with Crippen molar-refractivity contribution in [3.8, 4) is 17.2 Å². The molecule has 0 amide bonds. The molecule has 0 saturated carbocycles. The summed E-state index contributed by atoms with van der Waals surface area (Å²) in [5.41, 5.74) is 9.12. The van der Waals surface area contributed by atoms with Crippen LogP contribution < -0.4 is 5.76 Å². The number of hydrogen-bond acceptors (Lipinski definition) is 7. The van der Waals surface area contributed by atoms with Crippen molar-refractivity contribution in [2.75, 3.05) is 6.54 Å². The van der Waals surface area contributed by atoms with Crippen LogP contribution >= 0.6 is 11.6 Å². The van der Waals surface area contributed by atoms with Gasteiger partial charge in [-0.05, 0) is 41.7 Å². The second-order valence-corrected chi connectivity index (χ2v) is 5.23. The molecule has 0 spiro atoms. The van der Waals surface area contributed by atoms with Gasteiger partial charge in [0.1, 0.15) is 11.5 Å². The van der Waals surface area contributed by atoms with Crippen LogP contribution in [-0.2, 0) is 6.42 Å².